The van der Waals surface area contributed by atoms with E-state index in [9.17, 15) is 4.79 Å². The average Bonchev–Trinajstić information content (AvgIpc) is 3.27. The number of hydrogen-bond acceptors (Lipinski definition) is 8. The zero-order valence-electron chi connectivity index (χ0n) is 23.7. The van der Waals surface area contributed by atoms with E-state index in [0.29, 0.717) is 30.4 Å². The summed E-state index contributed by atoms with van der Waals surface area (Å²) in [5.74, 6) is 1.26. The fraction of sp³-hybridized carbons (Fsp3) is 0.571. The van der Waals surface area contributed by atoms with Crippen LogP contribution in [0, 0.1) is 0 Å². The number of carbonyl (C=O) groups excluding carboxylic acids is 1. The van der Waals surface area contributed by atoms with Crippen molar-refractivity contribution >= 4 is 34.7 Å². The predicted molar refractivity (Wildman–Crippen MR) is 152 cm³/mol. The smallest absolute Gasteiger partial charge is 0.407 e. The Labute approximate surface area is 225 Å². The standard InChI is InChI=1S/C28H42N8O2/c1-18(2)36-17-30-23-24(31-21-10-8-9-19(15-21)16-29-27(37)38-28(3,4)5)33-26(34-25(23)36)32-20-11-13-22(14-12-20)35(6)7/h8-10,15,17-18,20,22H,11-14,16H2,1-7H3,(H,29,37)(H2,31,32,33,34). The Kier molecular flexibility index (Phi) is 8.40. The molecular weight excluding hydrogens is 480 g/mol. The van der Waals surface area contributed by atoms with Crippen molar-refractivity contribution in [1.82, 2.24) is 29.7 Å². The number of ether oxygens (including phenoxy) is 1. The fourth-order valence-electron chi connectivity index (χ4n) is 4.75. The number of alkyl carbamates (subject to hydrolysis) is 1. The molecule has 1 fully saturated rings. The van der Waals surface area contributed by atoms with Crippen LogP contribution in [0.15, 0.2) is 30.6 Å². The molecule has 0 radical (unpaired) electrons. The van der Waals surface area contributed by atoms with E-state index in [1.165, 1.54) is 0 Å². The van der Waals surface area contributed by atoms with Crippen molar-refractivity contribution in [2.24, 2.45) is 0 Å². The van der Waals surface area contributed by atoms with Crippen LogP contribution >= 0.6 is 0 Å². The summed E-state index contributed by atoms with van der Waals surface area (Å²) >= 11 is 0. The maximum absolute atomic E-state index is 12.1. The third-order valence-corrected chi connectivity index (χ3v) is 6.76. The second-order valence-electron chi connectivity index (χ2n) is 11.6. The second kappa shape index (κ2) is 11.6. The van der Waals surface area contributed by atoms with Crippen LogP contribution < -0.4 is 16.0 Å². The molecule has 0 atom stereocenters. The van der Waals surface area contributed by atoms with Gasteiger partial charge in [0.1, 0.15) is 5.60 Å². The molecule has 10 heteroatoms. The molecule has 206 valence electrons. The summed E-state index contributed by atoms with van der Waals surface area (Å²) in [6.45, 7) is 10.1. The Balaban J connectivity index is 1.53. The lowest BCUT2D eigenvalue weighted by molar-refractivity contribution is 0.0523. The van der Waals surface area contributed by atoms with Gasteiger partial charge in [-0.3, -0.25) is 0 Å². The molecular formula is C28H42N8O2. The Bertz CT molecular complexity index is 1240. The van der Waals surface area contributed by atoms with Crippen molar-refractivity contribution in [2.45, 2.75) is 90.6 Å². The number of fused-ring (bicyclic) bond motifs is 1. The highest BCUT2D eigenvalue weighted by Gasteiger charge is 2.24. The molecule has 1 aromatic carbocycles. The third kappa shape index (κ3) is 7.12. The lowest BCUT2D eigenvalue weighted by Crippen LogP contribution is -2.36. The molecule has 2 aromatic heterocycles. The van der Waals surface area contributed by atoms with Crippen LogP contribution in [0.2, 0.25) is 0 Å². The van der Waals surface area contributed by atoms with Crippen molar-refractivity contribution in [2.75, 3.05) is 24.7 Å². The number of aromatic nitrogens is 4. The molecule has 1 amide bonds. The SMILES string of the molecule is CC(C)n1cnc2c(Nc3cccc(CNC(=O)OC(C)(C)C)c3)nc(NC3CCC(N(C)C)CC3)nc21. The van der Waals surface area contributed by atoms with Crippen molar-refractivity contribution in [3.8, 4) is 0 Å². The van der Waals surface area contributed by atoms with Gasteiger partial charge in [0.15, 0.2) is 17.0 Å². The molecule has 0 aliphatic heterocycles. The van der Waals surface area contributed by atoms with Gasteiger partial charge in [-0.15, -0.1) is 0 Å². The molecule has 1 saturated carbocycles. The van der Waals surface area contributed by atoms with E-state index in [0.717, 1.165) is 48.1 Å². The van der Waals surface area contributed by atoms with Gasteiger partial charge in [0, 0.05) is 30.4 Å². The van der Waals surface area contributed by atoms with Crippen LogP contribution in [0.4, 0.5) is 22.2 Å². The fourth-order valence-corrected chi connectivity index (χ4v) is 4.75. The van der Waals surface area contributed by atoms with E-state index in [1.807, 2.05) is 51.4 Å². The lowest BCUT2D eigenvalue weighted by atomic mass is 9.91. The molecule has 1 aliphatic carbocycles. The molecule has 1 aliphatic rings. The summed E-state index contributed by atoms with van der Waals surface area (Å²) in [6.07, 6.45) is 5.87. The van der Waals surface area contributed by atoms with Gasteiger partial charge in [0.05, 0.1) is 6.33 Å². The Morgan fingerprint density at radius 1 is 1.16 bits per heavy atom. The van der Waals surface area contributed by atoms with Crippen molar-refractivity contribution in [3.63, 3.8) is 0 Å². The molecule has 3 aromatic rings. The average molecular weight is 523 g/mol. The van der Waals surface area contributed by atoms with Gasteiger partial charge in [0.25, 0.3) is 0 Å². The number of amides is 1. The summed E-state index contributed by atoms with van der Waals surface area (Å²) in [6, 6.07) is 9.06. The number of imidazole rings is 1. The van der Waals surface area contributed by atoms with Gasteiger partial charge in [-0.1, -0.05) is 12.1 Å². The topological polar surface area (TPSA) is 109 Å². The zero-order valence-corrected chi connectivity index (χ0v) is 23.7. The summed E-state index contributed by atoms with van der Waals surface area (Å²) < 4.78 is 7.41. The molecule has 10 nitrogen and oxygen atoms in total. The summed E-state index contributed by atoms with van der Waals surface area (Å²) in [5.41, 5.74) is 2.77. The third-order valence-electron chi connectivity index (χ3n) is 6.76. The molecule has 0 bridgehead atoms. The van der Waals surface area contributed by atoms with Gasteiger partial charge in [0.2, 0.25) is 5.95 Å². The molecule has 0 spiro atoms. The predicted octanol–water partition coefficient (Wildman–Crippen LogP) is 5.46. The van der Waals surface area contributed by atoms with Crippen LogP contribution in [-0.4, -0.2) is 62.3 Å². The number of nitrogens with one attached hydrogen (secondary N) is 3. The zero-order chi connectivity index (χ0) is 27.4. The van der Waals surface area contributed by atoms with Crippen LogP contribution in [0.1, 0.15) is 71.9 Å². The number of benzene rings is 1. The molecule has 0 unspecified atom stereocenters. The first kappa shape index (κ1) is 27.6. The highest BCUT2D eigenvalue weighted by molar-refractivity contribution is 5.86. The van der Waals surface area contributed by atoms with E-state index in [1.54, 1.807) is 0 Å². The Morgan fingerprint density at radius 2 is 1.89 bits per heavy atom. The number of anilines is 3. The van der Waals surface area contributed by atoms with Gasteiger partial charge >= 0.3 is 6.09 Å². The Hall–Kier alpha value is -3.40. The first-order valence-corrected chi connectivity index (χ1v) is 13.5. The molecule has 3 N–H and O–H groups in total. The van der Waals surface area contributed by atoms with E-state index < -0.39 is 11.7 Å². The highest BCUT2D eigenvalue weighted by Crippen LogP contribution is 2.29. The maximum Gasteiger partial charge on any atom is 0.407 e. The van der Waals surface area contributed by atoms with E-state index in [-0.39, 0.29) is 6.04 Å². The van der Waals surface area contributed by atoms with Crippen LogP contribution in [0.5, 0.6) is 0 Å². The second-order valence-corrected chi connectivity index (χ2v) is 11.6. The minimum absolute atomic E-state index is 0.216. The first-order chi connectivity index (χ1) is 18.0. The Morgan fingerprint density at radius 3 is 2.55 bits per heavy atom. The van der Waals surface area contributed by atoms with Crippen LogP contribution in [-0.2, 0) is 11.3 Å². The van der Waals surface area contributed by atoms with Crippen LogP contribution in [0.3, 0.4) is 0 Å². The number of carbonyl (C=O) groups is 1. The normalized spacial score (nSPS) is 18.1. The molecule has 0 saturated heterocycles. The summed E-state index contributed by atoms with van der Waals surface area (Å²) in [4.78, 5) is 28.8. The molecule has 4 rings (SSSR count). The number of hydrogen-bond donors (Lipinski definition) is 3. The maximum atomic E-state index is 12.1. The van der Waals surface area contributed by atoms with Crippen molar-refractivity contribution in [3.05, 3.63) is 36.2 Å². The first-order valence-electron chi connectivity index (χ1n) is 13.5. The van der Waals surface area contributed by atoms with Crippen molar-refractivity contribution < 1.29 is 9.53 Å². The lowest BCUT2D eigenvalue weighted by Gasteiger charge is -2.33. The highest BCUT2D eigenvalue weighted by atomic mass is 16.6. The van der Waals surface area contributed by atoms with E-state index in [4.69, 9.17) is 14.7 Å². The monoisotopic (exact) mass is 522 g/mol. The quantitative estimate of drug-likeness (QED) is 0.358. The molecule has 38 heavy (non-hydrogen) atoms. The van der Waals surface area contributed by atoms with E-state index >= 15 is 0 Å². The minimum Gasteiger partial charge on any atom is -0.444 e. The van der Waals surface area contributed by atoms with Gasteiger partial charge < -0.3 is 30.2 Å². The minimum atomic E-state index is -0.539. The summed E-state index contributed by atoms with van der Waals surface area (Å²) in [5, 5.41) is 9.85. The number of rotatable bonds is 8. The van der Waals surface area contributed by atoms with Crippen LogP contribution in [0.25, 0.3) is 11.2 Å². The van der Waals surface area contributed by atoms with Gasteiger partial charge in [-0.25, -0.2) is 9.78 Å². The largest absolute Gasteiger partial charge is 0.444 e. The summed E-state index contributed by atoms with van der Waals surface area (Å²) in [7, 11) is 4.31. The number of nitrogens with zero attached hydrogens (tertiary/aromatic N) is 5. The van der Waals surface area contributed by atoms with Crippen molar-refractivity contribution in [1.29, 1.82) is 0 Å². The van der Waals surface area contributed by atoms with Gasteiger partial charge in [-0.2, -0.15) is 9.97 Å². The molecule has 2 heterocycles. The van der Waals surface area contributed by atoms with Gasteiger partial charge in [-0.05, 0) is 92.1 Å². The van der Waals surface area contributed by atoms with E-state index in [2.05, 4.69) is 58.3 Å².